The molecule has 0 atom stereocenters. The number of nitrogens with one attached hydrogen (secondary N) is 1. The van der Waals surface area contributed by atoms with Gasteiger partial charge in [-0.1, -0.05) is 24.3 Å². The van der Waals surface area contributed by atoms with Crippen molar-refractivity contribution in [3.63, 3.8) is 0 Å². The summed E-state index contributed by atoms with van der Waals surface area (Å²) < 4.78 is 24.6. The van der Waals surface area contributed by atoms with Crippen molar-refractivity contribution in [2.45, 2.75) is 12.2 Å². The molecule has 0 aliphatic rings. The molecule has 0 aliphatic heterocycles. The maximum absolute atomic E-state index is 12.3. The molecule has 2 aromatic carbocycles. The van der Waals surface area contributed by atoms with Crippen LogP contribution < -0.4 is 5.32 Å². The van der Waals surface area contributed by atoms with E-state index >= 15 is 0 Å². The number of rotatable bonds is 7. The largest absolute Gasteiger partial charge is 0.352 e. The summed E-state index contributed by atoms with van der Waals surface area (Å²) in [5, 5.41) is 7.06. The molecule has 0 saturated heterocycles. The number of hydrogen-bond acceptors (Lipinski definition) is 4. The number of hydrogen-bond donors (Lipinski definition) is 1. The summed E-state index contributed by atoms with van der Waals surface area (Å²) in [4.78, 5) is 12.3. The molecular weight excluding hydrogens is 362 g/mol. The van der Waals surface area contributed by atoms with Gasteiger partial charge in [-0.3, -0.25) is 4.79 Å². The third-order valence-electron chi connectivity index (χ3n) is 4.02. The summed E-state index contributed by atoms with van der Waals surface area (Å²) in [5.41, 5.74) is 3.16. The fraction of sp³-hybridized carbons (Fsp3) is 0.200. The first-order valence-electron chi connectivity index (χ1n) is 8.54. The molecule has 0 saturated carbocycles. The van der Waals surface area contributed by atoms with Crippen LogP contribution in [0, 0.1) is 0 Å². The highest BCUT2D eigenvalue weighted by Crippen LogP contribution is 2.10. The Balaban J connectivity index is 1.54. The van der Waals surface area contributed by atoms with Gasteiger partial charge in [-0.05, 0) is 47.9 Å². The van der Waals surface area contributed by atoms with Gasteiger partial charge in [0.1, 0.15) is 0 Å². The van der Waals surface area contributed by atoms with Gasteiger partial charge in [-0.2, -0.15) is 5.10 Å². The van der Waals surface area contributed by atoms with Gasteiger partial charge in [0, 0.05) is 30.8 Å². The standard InChI is InChI=1S/C20H21N3O3S/c1-27(25,26)15-17-4-2-5-18(14-17)20(24)21-12-10-16-6-8-19(9-7-16)23-13-3-11-22-23/h2-9,11,13-14H,10,12,15H2,1H3,(H,21,24). The topological polar surface area (TPSA) is 81.1 Å². The lowest BCUT2D eigenvalue weighted by Gasteiger charge is -2.08. The smallest absolute Gasteiger partial charge is 0.251 e. The molecule has 0 unspecified atom stereocenters. The van der Waals surface area contributed by atoms with Gasteiger partial charge < -0.3 is 5.32 Å². The molecule has 1 heterocycles. The summed E-state index contributed by atoms with van der Waals surface area (Å²) in [6.07, 6.45) is 5.49. The second-order valence-electron chi connectivity index (χ2n) is 6.39. The average Bonchev–Trinajstić information content (AvgIpc) is 3.16. The van der Waals surface area contributed by atoms with Crippen LogP contribution in [-0.4, -0.2) is 36.9 Å². The van der Waals surface area contributed by atoms with Crippen molar-refractivity contribution < 1.29 is 13.2 Å². The van der Waals surface area contributed by atoms with Crippen LogP contribution in [-0.2, 0) is 22.0 Å². The molecule has 0 fully saturated rings. The fourth-order valence-corrected chi connectivity index (χ4v) is 3.55. The molecular formula is C20H21N3O3S. The van der Waals surface area contributed by atoms with E-state index < -0.39 is 9.84 Å². The van der Waals surface area contributed by atoms with E-state index in [0.717, 1.165) is 11.3 Å². The quantitative estimate of drug-likeness (QED) is 0.679. The van der Waals surface area contributed by atoms with Crippen LogP contribution in [0.5, 0.6) is 0 Å². The van der Waals surface area contributed by atoms with Gasteiger partial charge >= 0.3 is 0 Å². The highest BCUT2D eigenvalue weighted by atomic mass is 32.2. The number of nitrogens with zero attached hydrogens (tertiary/aromatic N) is 2. The Morgan fingerprint density at radius 3 is 2.52 bits per heavy atom. The van der Waals surface area contributed by atoms with Crippen molar-refractivity contribution in [2.75, 3.05) is 12.8 Å². The zero-order valence-electron chi connectivity index (χ0n) is 15.0. The zero-order chi connectivity index (χ0) is 19.3. The molecule has 0 radical (unpaired) electrons. The molecule has 3 rings (SSSR count). The van der Waals surface area contributed by atoms with Gasteiger partial charge in [-0.15, -0.1) is 0 Å². The summed E-state index contributed by atoms with van der Waals surface area (Å²) >= 11 is 0. The van der Waals surface area contributed by atoms with Crippen LogP contribution in [0.3, 0.4) is 0 Å². The summed E-state index contributed by atoms with van der Waals surface area (Å²) in [7, 11) is -3.13. The first-order chi connectivity index (χ1) is 12.9. The number of amides is 1. The molecule has 1 amide bonds. The lowest BCUT2D eigenvalue weighted by atomic mass is 10.1. The van der Waals surface area contributed by atoms with Crippen molar-refractivity contribution in [1.82, 2.24) is 15.1 Å². The lowest BCUT2D eigenvalue weighted by molar-refractivity contribution is 0.0954. The minimum atomic E-state index is -3.13. The number of aromatic nitrogens is 2. The average molecular weight is 383 g/mol. The molecule has 3 aromatic rings. The SMILES string of the molecule is CS(=O)(=O)Cc1cccc(C(=O)NCCc2ccc(-n3cccn3)cc2)c1. The van der Waals surface area contributed by atoms with E-state index in [0.29, 0.717) is 24.1 Å². The third kappa shape index (κ3) is 5.52. The van der Waals surface area contributed by atoms with Crippen molar-refractivity contribution in [2.24, 2.45) is 0 Å². The summed E-state index contributed by atoms with van der Waals surface area (Å²) in [5.74, 6) is -0.282. The maximum atomic E-state index is 12.3. The number of sulfone groups is 1. The molecule has 0 spiro atoms. The normalized spacial score (nSPS) is 11.3. The van der Waals surface area contributed by atoms with E-state index in [9.17, 15) is 13.2 Å². The van der Waals surface area contributed by atoms with E-state index in [1.807, 2.05) is 36.5 Å². The Kier molecular flexibility index (Phi) is 5.71. The third-order valence-corrected chi connectivity index (χ3v) is 4.88. The molecule has 1 N–H and O–H groups in total. The molecule has 6 nitrogen and oxygen atoms in total. The van der Waals surface area contributed by atoms with Gasteiger partial charge in [0.15, 0.2) is 9.84 Å². The number of carbonyl (C=O) groups is 1. The molecule has 0 aliphatic carbocycles. The molecule has 0 bridgehead atoms. The minimum absolute atomic E-state index is 0.0727. The van der Waals surface area contributed by atoms with Crippen LogP contribution in [0.1, 0.15) is 21.5 Å². The van der Waals surface area contributed by atoms with Crippen LogP contribution >= 0.6 is 0 Å². The van der Waals surface area contributed by atoms with Gasteiger partial charge in [0.2, 0.25) is 0 Å². The van der Waals surface area contributed by atoms with E-state index in [-0.39, 0.29) is 11.7 Å². The minimum Gasteiger partial charge on any atom is -0.352 e. The molecule has 7 heteroatoms. The predicted octanol–water partition coefficient (Wildman–Crippen LogP) is 2.39. The number of benzene rings is 2. The van der Waals surface area contributed by atoms with E-state index in [1.54, 1.807) is 35.1 Å². The van der Waals surface area contributed by atoms with Gasteiger partial charge in [-0.25, -0.2) is 13.1 Å². The molecule has 27 heavy (non-hydrogen) atoms. The summed E-state index contributed by atoms with van der Waals surface area (Å²) in [6.45, 7) is 0.496. The number of carbonyl (C=O) groups excluding carboxylic acids is 1. The Morgan fingerprint density at radius 2 is 1.85 bits per heavy atom. The van der Waals surface area contributed by atoms with Gasteiger partial charge in [0.25, 0.3) is 5.91 Å². The Hall–Kier alpha value is -2.93. The van der Waals surface area contributed by atoms with E-state index in [1.165, 1.54) is 6.26 Å². The fourth-order valence-electron chi connectivity index (χ4n) is 2.76. The van der Waals surface area contributed by atoms with E-state index in [2.05, 4.69) is 10.4 Å². The Morgan fingerprint density at radius 1 is 1.07 bits per heavy atom. The van der Waals surface area contributed by atoms with Crippen molar-refractivity contribution >= 4 is 15.7 Å². The monoisotopic (exact) mass is 383 g/mol. The molecule has 140 valence electrons. The van der Waals surface area contributed by atoms with Crippen LogP contribution in [0.2, 0.25) is 0 Å². The second-order valence-corrected chi connectivity index (χ2v) is 8.53. The predicted molar refractivity (Wildman–Crippen MR) is 105 cm³/mol. The highest BCUT2D eigenvalue weighted by molar-refractivity contribution is 7.89. The molecule has 1 aromatic heterocycles. The first kappa shape index (κ1) is 18.8. The summed E-state index contributed by atoms with van der Waals surface area (Å²) in [6, 6.07) is 16.6. The van der Waals surface area contributed by atoms with E-state index in [4.69, 9.17) is 0 Å². The van der Waals surface area contributed by atoms with Crippen molar-refractivity contribution in [3.8, 4) is 5.69 Å². The van der Waals surface area contributed by atoms with Gasteiger partial charge in [0.05, 0.1) is 11.4 Å². The van der Waals surface area contributed by atoms with Crippen LogP contribution in [0.4, 0.5) is 0 Å². The zero-order valence-corrected chi connectivity index (χ0v) is 15.8. The van der Waals surface area contributed by atoms with Crippen LogP contribution in [0.25, 0.3) is 5.69 Å². The first-order valence-corrected chi connectivity index (χ1v) is 10.6. The van der Waals surface area contributed by atoms with Crippen molar-refractivity contribution in [3.05, 3.63) is 83.7 Å². The maximum Gasteiger partial charge on any atom is 0.251 e. The Bertz CT molecular complexity index is 1010. The lowest BCUT2D eigenvalue weighted by Crippen LogP contribution is -2.25. The van der Waals surface area contributed by atoms with Crippen LogP contribution in [0.15, 0.2) is 67.0 Å². The highest BCUT2D eigenvalue weighted by Gasteiger charge is 2.09. The Labute approximate surface area is 158 Å². The van der Waals surface area contributed by atoms with Crippen molar-refractivity contribution in [1.29, 1.82) is 0 Å². The second kappa shape index (κ2) is 8.18.